The predicted octanol–water partition coefficient (Wildman–Crippen LogP) is 2.31. The average Bonchev–Trinajstić information content (AvgIpc) is 2.98. The topological polar surface area (TPSA) is 24.3 Å². The first-order valence-electron chi connectivity index (χ1n) is 7.91. The van der Waals surface area contributed by atoms with Crippen LogP contribution in [-0.4, -0.2) is 52.6 Å². The summed E-state index contributed by atoms with van der Waals surface area (Å²) in [5.74, 6) is 2.72. The first-order chi connectivity index (χ1) is 9.52. The quantitative estimate of drug-likeness (QED) is 0.798. The zero-order chi connectivity index (χ0) is 14.7. The molecule has 0 bridgehead atoms. The van der Waals surface area contributed by atoms with E-state index in [-0.39, 0.29) is 0 Å². The van der Waals surface area contributed by atoms with Gasteiger partial charge in [-0.2, -0.15) is 0 Å². The molecule has 0 N–H and O–H groups in total. The van der Waals surface area contributed by atoms with Crippen LogP contribution in [-0.2, 0) is 13.1 Å². The van der Waals surface area contributed by atoms with Crippen molar-refractivity contribution in [3.05, 3.63) is 18.2 Å². The molecule has 114 valence electrons. The number of hydrogen-bond acceptors (Lipinski definition) is 3. The molecule has 0 saturated carbocycles. The number of imidazole rings is 1. The lowest BCUT2D eigenvalue weighted by Gasteiger charge is -2.27. The molecular weight excluding hydrogens is 248 g/mol. The van der Waals surface area contributed by atoms with Gasteiger partial charge in [0.15, 0.2) is 0 Å². The van der Waals surface area contributed by atoms with E-state index >= 15 is 0 Å². The summed E-state index contributed by atoms with van der Waals surface area (Å²) in [5, 5.41) is 0. The first-order valence-corrected chi connectivity index (χ1v) is 7.91. The number of nitrogens with zero attached hydrogens (tertiary/aromatic N) is 4. The molecule has 0 amide bonds. The van der Waals surface area contributed by atoms with Crippen molar-refractivity contribution in [2.24, 2.45) is 11.8 Å². The Labute approximate surface area is 123 Å². The molecule has 1 fully saturated rings. The summed E-state index contributed by atoms with van der Waals surface area (Å²) in [6, 6.07) is 0.671. The summed E-state index contributed by atoms with van der Waals surface area (Å²) in [6.45, 7) is 11.3. The zero-order valence-electron chi connectivity index (χ0n) is 13.7. The first kappa shape index (κ1) is 15.5. The minimum absolute atomic E-state index is 0.671. The van der Waals surface area contributed by atoms with Crippen LogP contribution in [0, 0.1) is 11.8 Å². The van der Waals surface area contributed by atoms with Crippen LogP contribution >= 0.6 is 0 Å². The van der Waals surface area contributed by atoms with Crippen molar-refractivity contribution in [1.29, 1.82) is 0 Å². The fraction of sp³-hybridized carbons (Fsp3) is 0.812. The Bertz CT molecular complexity index is 394. The Morgan fingerprint density at radius 1 is 1.35 bits per heavy atom. The maximum absolute atomic E-state index is 4.55. The van der Waals surface area contributed by atoms with Gasteiger partial charge < -0.3 is 9.47 Å². The molecule has 1 aromatic rings. The van der Waals surface area contributed by atoms with Gasteiger partial charge in [-0.1, -0.05) is 20.8 Å². The van der Waals surface area contributed by atoms with Crippen LogP contribution in [0.1, 0.15) is 33.0 Å². The van der Waals surface area contributed by atoms with Crippen molar-refractivity contribution in [2.45, 2.75) is 46.3 Å². The van der Waals surface area contributed by atoms with Crippen molar-refractivity contribution < 1.29 is 0 Å². The lowest BCUT2D eigenvalue weighted by atomic mass is 9.91. The maximum Gasteiger partial charge on any atom is 0.122 e. The number of aryl methyl sites for hydroxylation is 1. The molecule has 2 unspecified atom stereocenters. The summed E-state index contributed by atoms with van der Waals surface area (Å²) >= 11 is 0. The molecule has 4 heteroatoms. The van der Waals surface area contributed by atoms with E-state index in [9.17, 15) is 0 Å². The molecule has 1 aliphatic heterocycles. The molecule has 4 nitrogen and oxygen atoms in total. The van der Waals surface area contributed by atoms with E-state index in [1.165, 1.54) is 12.4 Å². The maximum atomic E-state index is 4.55. The van der Waals surface area contributed by atoms with Gasteiger partial charge in [-0.3, -0.25) is 4.90 Å². The summed E-state index contributed by atoms with van der Waals surface area (Å²) < 4.78 is 2.30. The highest BCUT2D eigenvalue weighted by molar-refractivity contribution is 4.97. The van der Waals surface area contributed by atoms with Crippen LogP contribution in [0.5, 0.6) is 0 Å². The van der Waals surface area contributed by atoms with Crippen molar-refractivity contribution >= 4 is 0 Å². The van der Waals surface area contributed by atoms with Crippen LogP contribution in [0.15, 0.2) is 12.4 Å². The average molecular weight is 278 g/mol. The fourth-order valence-corrected chi connectivity index (χ4v) is 3.36. The fourth-order valence-electron chi connectivity index (χ4n) is 3.36. The van der Waals surface area contributed by atoms with Crippen LogP contribution < -0.4 is 0 Å². The van der Waals surface area contributed by atoms with E-state index in [0.717, 1.165) is 37.9 Å². The van der Waals surface area contributed by atoms with Gasteiger partial charge in [0.25, 0.3) is 0 Å². The molecule has 1 aliphatic rings. The van der Waals surface area contributed by atoms with Gasteiger partial charge in [0.2, 0.25) is 0 Å². The van der Waals surface area contributed by atoms with Crippen molar-refractivity contribution in [3.63, 3.8) is 0 Å². The second kappa shape index (κ2) is 6.72. The molecule has 2 rings (SSSR count). The third-order valence-electron chi connectivity index (χ3n) is 4.56. The second-order valence-corrected chi connectivity index (χ2v) is 6.67. The Hall–Kier alpha value is -0.870. The van der Waals surface area contributed by atoms with E-state index in [2.05, 4.69) is 60.4 Å². The van der Waals surface area contributed by atoms with E-state index < -0.39 is 0 Å². The van der Waals surface area contributed by atoms with Crippen molar-refractivity contribution in [3.8, 4) is 0 Å². The lowest BCUT2D eigenvalue weighted by molar-refractivity contribution is 0.215. The molecule has 2 heterocycles. The standard InChI is InChI=1S/C16H30N4/c1-6-8-20-9-7-17-16(20)12-19-10-14(13(2)3)15(11-19)18(4)5/h7,9,13-15H,6,8,10-12H2,1-5H3. The van der Waals surface area contributed by atoms with Gasteiger partial charge >= 0.3 is 0 Å². The highest BCUT2D eigenvalue weighted by atomic mass is 15.3. The van der Waals surface area contributed by atoms with Crippen LogP contribution in [0.4, 0.5) is 0 Å². The van der Waals surface area contributed by atoms with Gasteiger partial charge in [-0.05, 0) is 32.4 Å². The van der Waals surface area contributed by atoms with Crippen molar-refractivity contribution in [2.75, 3.05) is 27.2 Å². The molecule has 0 aromatic carbocycles. The third-order valence-corrected chi connectivity index (χ3v) is 4.56. The van der Waals surface area contributed by atoms with Gasteiger partial charge in [0.05, 0.1) is 6.54 Å². The molecule has 1 saturated heterocycles. The van der Waals surface area contributed by atoms with Gasteiger partial charge in [-0.25, -0.2) is 4.98 Å². The van der Waals surface area contributed by atoms with E-state index in [1.807, 2.05) is 6.20 Å². The minimum Gasteiger partial charge on any atom is -0.334 e. The monoisotopic (exact) mass is 278 g/mol. The SMILES string of the molecule is CCCn1ccnc1CN1CC(C(C)C)C(N(C)C)C1. The van der Waals surface area contributed by atoms with Crippen LogP contribution in [0.3, 0.4) is 0 Å². The molecule has 20 heavy (non-hydrogen) atoms. The van der Waals surface area contributed by atoms with Crippen LogP contribution in [0.25, 0.3) is 0 Å². The summed E-state index contributed by atoms with van der Waals surface area (Å²) in [5.41, 5.74) is 0. The zero-order valence-corrected chi connectivity index (χ0v) is 13.7. The van der Waals surface area contributed by atoms with Crippen molar-refractivity contribution in [1.82, 2.24) is 19.4 Å². The summed E-state index contributed by atoms with van der Waals surface area (Å²) in [7, 11) is 4.42. The van der Waals surface area contributed by atoms with E-state index in [0.29, 0.717) is 6.04 Å². The van der Waals surface area contributed by atoms with Crippen LogP contribution in [0.2, 0.25) is 0 Å². The second-order valence-electron chi connectivity index (χ2n) is 6.67. The Morgan fingerprint density at radius 3 is 2.65 bits per heavy atom. The minimum atomic E-state index is 0.671. The number of rotatable bonds is 6. The third kappa shape index (κ3) is 3.41. The van der Waals surface area contributed by atoms with Gasteiger partial charge in [0.1, 0.15) is 5.82 Å². The number of hydrogen-bond donors (Lipinski definition) is 0. The normalized spacial score (nSPS) is 24.1. The van der Waals surface area contributed by atoms with E-state index in [1.54, 1.807) is 0 Å². The van der Waals surface area contributed by atoms with E-state index in [4.69, 9.17) is 0 Å². The molecule has 0 spiro atoms. The Balaban J connectivity index is 2.02. The highest BCUT2D eigenvalue weighted by Gasteiger charge is 2.36. The molecule has 1 aromatic heterocycles. The number of aromatic nitrogens is 2. The Kier molecular flexibility index (Phi) is 5.22. The molecule has 0 aliphatic carbocycles. The predicted molar refractivity (Wildman–Crippen MR) is 83.6 cm³/mol. The highest BCUT2D eigenvalue weighted by Crippen LogP contribution is 2.28. The lowest BCUT2D eigenvalue weighted by Crippen LogP contribution is -2.37. The summed E-state index contributed by atoms with van der Waals surface area (Å²) in [6.07, 6.45) is 5.21. The molecule has 2 atom stereocenters. The molecular formula is C16H30N4. The smallest absolute Gasteiger partial charge is 0.122 e. The largest absolute Gasteiger partial charge is 0.334 e. The summed E-state index contributed by atoms with van der Waals surface area (Å²) in [4.78, 5) is 9.51. The molecule has 0 radical (unpaired) electrons. The Morgan fingerprint density at radius 2 is 2.10 bits per heavy atom. The number of likely N-dealkylation sites (N-methyl/N-ethyl adjacent to an activating group) is 1. The number of likely N-dealkylation sites (tertiary alicyclic amines) is 1. The van der Waals surface area contributed by atoms with Gasteiger partial charge in [-0.15, -0.1) is 0 Å². The van der Waals surface area contributed by atoms with Gasteiger partial charge in [0, 0.05) is 38.1 Å².